The first kappa shape index (κ1) is 17.5. The number of ether oxygens (including phenoxy) is 1. The van der Waals surface area contributed by atoms with Crippen molar-refractivity contribution in [1.29, 1.82) is 0 Å². The van der Waals surface area contributed by atoms with E-state index in [2.05, 4.69) is 5.32 Å². The van der Waals surface area contributed by atoms with Gasteiger partial charge in [0.25, 0.3) is 0 Å². The minimum Gasteiger partial charge on any atom is -0.378 e. The van der Waals surface area contributed by atoms with Crippen molar-refractivity contribution in [3.8, 4) is 0 Å². The monoisotopic (exact) mass is 346 g/mol. The fraction of sp³-hybridized carbons (Fsp3) is 0.316. The SMILES string of the molecule is O=C([C@@H](NCc1cccc(F)c1F)c1ccccc1)N1CCOCC1. The van der Waals surface area contributed by atoms with E-state index >= 15 is 0 Å². The van der Waals surface area contributed by atoms with Crippen LogP contribution < -0.4 is 5.32 Å². The summed E-state index contributed by atoms with van der Waals surface area (Å²) in [6, 6.07) is 12.7. The molecule has 0 aromatic heterocycles. The molecule has 6 heteroatoms. The summed E-state index contributed by atoms with van der Waals surface area (Å²) < 4.78 is 32.6. The second-order valence-corrected chi connectivity index (χ2v) is 5.88. The molecule has 4 nitrogen and oxygen atoms in total. The molecule has 0 aliphatic carbocycles. The van der Waals surface area contributed by atoms with Crippen LogP contribution >= 0.6 is 0 Å². The predicted molar refractivity (Wildman–Crippen MR) is 89.8 cm³/mol. The van der Waals surface area contributed by atoms with Gasteiger partial charge in [-0.25, -0.2) is 8.78 Å². The van der Waals surface area contributed by atoms with E-state index in [1.54, 1.807) is 4.90 Å². The van der Waals surface area contributed by atoms with Gasteiger partial charge in [0.15, 0.2) is 11.6 Å². The van der Waals surface area contributed by atoms with E-state index in [9.17, 15) is 13.6 Å². The second kappa shape index (κ2) is 8.18. The molecule has 1 fully saturated rings. The third-order valence-corrected chi connectivity index (χ3v) is 4.23. The molecule has 0 unspecified atom stereocenters. The molecule has 0 radical (unpaired) electrons. The van der Waals surface area contributed by atoms with Crippen LogP contribution in [0.2, 0.25) is 0 Å². The van der Waals surface area contributed by atoms with Gasteiger partial charge in [-0.1, -0.05) is 42.5 Å². The van der Waals surface area contributed by atoms with Crippen molar-refractivity contribution in [2.24, 2.45) is 0 Å². The smallest absolute Gasteiger partial charge is 0.244 e. The summed E-state index contributed by atoms with van der Waals surface area (Å²) >= 11 is 0. The van der Waals surface area contributed by atoms with Crippen LogP contribution in [0.3, 0.4) is 0 Å². The number of amides is 1. The normalized spacial score (nSPS) is 15.8. The third-order valence-electron chi connectivity index (χ3n) is 4.23. The van der Waals surface area contributed by atoms with Crippen molar-refractivity contribution >= 4 is 5.91 Å². The van der Waals surface area contributed by atoms with Crippen LogP contribution in [-0.4, -0.2) is 37.1 Å². The Morgan fingerprint density at radius 2 is 1.80 bits per heavy atom. The Hall–Kier alpha value is -2.31. The van der Waals surface area contributed by atoms with E-state index in [-0.39, 0.29) is 18.0 Å². The summed E-state index contributed by atoms with van der Waals surface area (Å²) in [5.41, 5.74) is 0.978. The Labute approximate surface area is 145 Å². The lowest BCUT2D eigenvalue weighted by Gasteiger charge is -2.31. The van der Waals surface area contributed by atoms with Crippen molar-refractivity contribution in [2.45, 2.75) is 12.6 Å². The number of carbonyl (C=O) groups excluding carboxylic acids is 1. The summed E-state index contributed by atoms with van der Waals surface area (Å²) in [5, 5.41) is 3.08. The maximum atomic E-state index is 13.9. The van der Waals surface area contributed by atoms with Crippen LogP contribution in [0.25, 0.3) is 0 Å². The topological polar surface area (TPSA) is 41.6 Å². The molecule has 25 heavy (non-hydrogen) atoms. The van der Waals surface area contributed by atoms with Crippen molar-refractivity contribution in [3.63, 3.8) is 0 Å². The molecule has 1 aliphatic heterocycles. The van der Waals surface area contributed by atoms with E-state index in [0.717, 1.165) is 11.6 Å². The van der Waals surface area contributed by atoms with Gasteiger partial charge in [-0.15, -0.1) is 0 Å². The summed E-state index contributed by atoms with van der Waals surface area (Å²) in [6.45, 7) is 2.12. The number of hydrogen-bond donors (Lipinski definition) is 1. The van der Waals surface area contributed by atoms with Gasteiger partial charge < -0.3 is 9.64 Å². The first-order chi connectivity index (χ1) is 12.2. The Bertz CT molecular complexity index is 719. The number of hydrogen-bond acceptors (Lipinski definition) is 3. The van der Waals surface area contributed by atoms with Crippen LogP contribution in [-0.2, 0) is 16.1 Å². The molecule has 132 valence electrons. The highest BCUT2D eigenvalue weighted by Crippen LogP contribution is 2.19. The van der Waals surface area contributed by atoms with Crippen LogP contribution in [0, 0.1) is 11.6 Å². The first-order valence-corrected chi connectivity index (χ1v) is 8.24. The summed E-state index contributed by atoms with van der Waals surface area (Å²) in [7, 11) is 0. The van der Waals surface area contributed by atoms with Crippen LogP contribution in [0.5, 0.6) is 0 Å². The highest BCUT2D eigenvalue weighted by atomic mass is 19.2. The summed E-state index contributed by atoms with van der Waals surface area (Å²) in [4.78, 5) is 14.6. The highest BCUT2D eigenvalue weighted by Gasteiger charge is 2.27. The minimum atomic E-state index is -0.893. The third kappa shape index (κ3) is 4.21. The number of morpholine rings is 1. The molecule has 0 saturated carbocycles. The maximum Gasteiger partial charge on any atom is 0.244 e. The summed E-state index contributed by atoms with van der Waals surface area (Å²) in [5.74, 6) is -1.87. The van der Waals surface area contributed by atoms with E-state index in [1.165, 1.54) is 12.1 Å². The number of nitrogens with one attached hydrogen (secondary N) is 1. The van der Waals surface area contributed by atoms with E-state index < -0.39 is 17.7 Å². The Morgan fingerprint density at radius 1 is 1.08 bits per heavy atom. The number of carbonyl (C=O) groups is 1. The zero-order valence-electron chi connectivity index (χ0n) is 13.8. The molecule has 1 N–H and O–H groups in total. The lowest BCUT2D eigenvalue weighted by atomic mass is 10.0. The maximum absolute atomic E-state index is 13.9. The fourth-order valence-electron chi connectivity index (χ4n) is 2.86. The quantitative estimate of drug-likeness (QED) is 0.905. The molecule has 0 spiro atoms. The van der Waals surface area contributed by atoms with Gasteiger partial charge in [0.2, 0.25) is 5.91 Å². The molecular formula is C19H20F2N2O2. The molecule has 0 bridgehead atoms. The van der Waals surface area contributed by atoms with Gasteiger partial charge in [0.1, 0.15) is 6.04 Å². The van der Waals surface area contributed by atoms with Gasteiger partial charge in [-0.2, -0.15) is 0 Å². The molecular weight excluding hydrogens is 326 g/mol. The molecule has 3 rings (SSSR count). The molecule has 1 aliphatic rings. The van der Waals surface area contributed by atoms with Crippen LogP contribution in [0.15, 0.2) is 48.5 Å². The van der Waals surface area contributed by atoms with Crippen molar-refractivity contribution < 1.29 is 18.3 Å². The number of rotatable bonds is 5. The number of halogens is 2. The molecule has 1 heterocycles. The predicted octanol–water partition coefficient (Wildman–Crippen LogP) is 2.65. The van der Waals surface area contributed by atoms with Gasteiger partial charge in [-0.3, -0.25) is 10.1 Å². The molecule has 2 aromatic carbocycles. The lowest BCUT2D eigenvalue weighted by molar-refractivity contribution is -0.137. The average molecular weight is 346 g/mol. The average Bonchev–Trinajstić information content (AvgIpc) is 2.66. The van der Waals surface area contributed by atoms with Gasteiger partial charge in [0.05, 0.1) is 13.2 Å². The van der Waals surface area contributed by atoms with Gasteiger partial charge in [0, 0.05) is 25.2 Å². The van der Waals surface area contributed by atoms with Crippen LogP contribution in [0.4, 0.5) is 8.78 Å². The van der Waals surface area contributed by atoms with Crippen LogP contribution in [0.1, 0.15) is 17.2 Å². The Morgan fingerprint density at radius 3 is 2.52 bits per heavy atom. The molecule has 1 amide bonds. The van der Waals surface area contributed by atoms with Crippen molar-refractivity contribution in [2.75, 3.05) is 26.3 Å². The lowest BCUT2D eigenvalue weighted by Crippen LogP contribution is -2.46. The number of nitrogens with zero attached hydrogens (tertiary/aromatic N) is 1. The van der Waals surface area contributed by atoms with Crippen molar-refractivity contribution in [3.05, 3.63) is 71.3 Å². The fourth-order valence-corrected chi connectivity index (χ4v) is 2.86. The van der Waals surface area contributed by atoms with Gasteiger partial charge in [-0.05, 0) is 11.6 Å². The highest BCUT2D eigenvalue weighted by molar-refractivity contribution is 5.83. The largest absolute Gasteiger partial charge is 0.378 e. The van der Waals surface area contributed by atoms with E-state index in [4.69, 9.17) is 4.74 Å². The van der Waals surface area contributed by atoms with Gasteiger partial charge >= 0.3 is 0 Å². The molecule has 1 saturated heterocycles. The van der Waals surface area contributed by atoms with Crippen molar-refractivity contribution in [1.82, 2.24) is 10.2 Å². The molecule has 1 atom stereocenters. The van der Waals surface area contributed by atoms with E-state index in [0.29, 0.717) is 26.3 Å². The first-order valence-electron chi connectivity index (χ1n) is 8.24. The summed E-state index contributed by atoms with van der Waals surface area (Å²) in [6.07, 6.45) is 0. The number of benzene rings is 2. The zero-order chi connectivity index (χ0) is 17.6. The second-order valence-electron chi connectivity index (χ2n) is 5.88. The zero-order valence-corrected chi connectivity index (χ0v) is 13.8. The molecule has 2 aromatic rings. The Balaban J connectivity index is 1.79. The standard InChI is InChI=1S/C19H20F2N2O2/c20-16-8-4-7-15(17(16)21)13-22-18(14-5-2-1-3-6-14)19(24)23-9-11-25-12-10-23/h1-8,18,22H,9-13H2/t18-/m0/s1. The Kier molecular flexibility index (Phi) is 5.73. The van der Waals surface area contributed by atoms with E-state index in [1.807, 2.05) is 30.3 Å². The minimum absolute atomic E-state index is 0.0548.